The van der Waals surface area contributed by atoms with E-state index >= 15 is 0 Å². The number of piperidine rings is 2. The number of hydrogen-bond donors (Lipinski definition) is 5. The average molecular weight is 1230 g/mol. The number of aromatic nitrogens is 4. The molecule has 4 aromatic rings. The number of methoxy groups -OCH3 is 2. The van der Waals surface area contributed by atoms with Crippen LogP contribution >= 0.6 is 11.6 Å². The number of likely N-dealkylation sites (N-methyl/N-ethyl adjacent to an activating group) is 1. The molecule has 0 unspecified atom stereocenters. The van der Waals surface area contributed by atoms with Crippen LogP contribution in [-0.2, 0) is 38.8 Å². The van der Waals surface area contributed by atoms with Gasteiger partial charge in [0.25, 0.3) is 11.8 Å². The third-order valence-electron chi connectivity index (χ3n) is 15.3. The second kappa shape index (κ2) is 28.5. The second-order valence-electron chi connectivity index (χ2n) is 21.3. The van der Waals surface area contributed by atoms with Crippen LogP contribution in [0.5, 0.6) is 11.5 Å². The Bertz CT molecular complexity index is 3100. The highest BCUT2D eigenvalue weighted by Gasteiger charge is 2.40. The topological polar surface area (TPSA) is 260 Å². The molecule has 2 amide bonds. The maximum atomic E-state index is 13.9. The van der Waals surface area contributed by atoms with Gasteiger partial charge in [-0.2, -0.15) is 26.3 Å². The number of likely N-dealkylation sites (tertiary alicyclic amines) is 2. The summed E-state index contributed by atoms with van der Waals surface area (Å²) in [6, 6.07) is 9.26. The third-order valence-corrected chi connectivity index (χ3v) is 18.3. The fraction of sp³-hybridized carbons (Fsp3) is 0.585. The van der Waals surface area contributed by atoms with E-state index in [1.165, 1.54) is 42.2 Å². The Balaban J connectivity index is 0.000000229. The number of nitrogens with two attached hydrogens (primary N) is 1. The van der Waals surface area contributed by atoms with Crippen molar-refractivity contribution in [1.82, 2.24) is 49.0 Å². The van der Waals surface area contributed by atoms with Gasteiger partial charge in [0, 0.05) is 67.8 Å². The van der Waals surface area contributed by atoms with Crippen molar-refractivity contribution in [3.63, 3.8) is 0 Å². The Morgan fingerprint density at radius 1 is 0.663 bits per heavy atom. The van der Waals surface area contributed by atoms with Crippen molar-refractivity contribution in [2.24, 2.45) is 11.7 Å². The second-order valence-corrected chi connectivity index (χ2v) is 25.8. The number of rotatable bonds is 16. The van der Waals surface area contributed by atoms with Crippen LogP contribution in [0.2, 0.25) is 5.15 Å². The largest absolute Gasteiger partial charge is 0.495 e. The lowest BCUT2D eigenvalue weighted by Crippen LogP contribution is -2.44. The molecule has 460 valence electrons. The molecule has 0 radical (unpaired) electrons. The number of carbonyl (C=O) groups excluding carboxylic acids is 2. The van der Waals surface area contributed by atoms with Crippen molar-refractivity contribution >= 4 is 66.7 Å². The Hall–Kier alpha value is -5.69. The van der Waals surface area contributed by atoms with Gasteiger partial charge >= 0.3 is 12.4 Å². The summed E-state index contributed by atoms with van der Waals surface area (Å²) < 4.78 is 140. The molecule has 21 nitrogen and oxygen atoms in total. The van der Waals surface area contributed by atoms with Gasteiger partial charge in [0.05, 0.1) is 49.4 Å². The molecule has 4 fully saturated rings. The highest BCUT2D eigenvalue weighted by molar-refractivity contribution is 7.88. The third kappa shape index (κ3) is 18.7. The van der Waals surface area contributed by atoms with Gasteiger partial charge in [0.1, 0.15) is 22.2 Å². The Labute approximate surface area is 485 Å². The zero-order valence-electron chi connectivity index (χ0n) is 47.6. The minimum Gasteiger partial charge on any atom is -0.495 e. The van der Waals surface area contributed by atoms with Crippen molar-refractivity contribution < 1.29 is 62.2 Å². The van der Waals surface area contributed by atoms with Gasteiger partial charge in [-0.25, -0.2) is 45.4 Å². The molecule has 2 saturated heterocycles. The van der Waals surface area contributed by atoms with Crippen LogP contribution in [0.25, 0.3) is 0 Å². The number of sulfonamides is 2. The van der Waals surface area contributed by atoms with E-state index in [0.29, 0.717) is 59.5 Å². The van der Waals surface area contributed by atoms with Crippen molar-refractivity contribution in [2.45, 2.75) is 113 Å². The Morgan fingerprint density at radius 2 is 1.08 bits per heavy atom. The minimum absolute atomic E-state index is 0.0139. The van der Waals surface area contributed by atoms with E-state index in [9.17, 15) is 52.8 Å². The monoisotopic (exact) mass is 1230 g/mol. The molecule has 2 aromatic heterocycles. The maximum absolute atomic E-state index is 13.9. The minimum atomic E-state index is -4.68. The molecule has 8 rings (SSSR count). The van der Waals surface area contributed by atoms with Crippen LogP contribution < -0.4 is 36.5 Å². The molecule has 30 heteroatoms. The lowest BCUT2D eigenvalue weighted by molar-refractivity contribution is -0.139. The quantitative estimate of drug-likeness (QED) is 0.0551. The first kappa shape index (κ1) is 66.4. The van der Waals surface area contributed by atoms with Crippen molar-refractivity contribution in [2.75, 3.05) is 91.7 Å². The van der Waals surface area contributed by atoms with Crippen LogP contribution in [-0.4, -0.2) is 178 Å². The number of benzene rings is 2. The van der Waals surface area contributed by atoms with Crippen molar-refractivity contribution in [3.05, 3.63) is 81.9 Å². The average Bonchev–Trinajstić information content (AvgIpc) is 4.28. The van der Waals surface area contributed by atoms with Crippen LogP contribution in [0.3, 0.4) is 0 Å². The molecule has 4 heterocycles. The Kier molecular flexibility index (Phi) is 22.8. The molecule has 4 atom stereocenters. The maximum Gasteiger partial charge on any atom is 0.420 e. The molecule has 2 aliphatic heterocycles. The van der Waals surface area contributed by atoms with E-state index < -0.39 is 54.7 Å². The number of ether oxygens (including phenoxy) is 2. The molecule has 2 aromatic carbocycles. The molecule has 0 spiro atoms. The van der Waals surface area contributed by atoms with Crippen molar-refractivity contribution in [3.8, 4) is 11.5 Å². The first-order chi connectivity index (χ1) is 38.9. The molecule has 2 aliphatic carbocycles. The SMILES string of the molecule is CN([C@@H]1CCC[C@H]1N)S(C)(=O)=O.COc1cc(C(=O)NC2CCN(C)CC2)ccc1Nc1ncc(C(F)(F)F)c(C[C@@H]2CCC[C@H]2N(C)S(C)(=O)=O)n1.COc1cc(C(=O)NC2CCN(C)CC2)ccc1Nc1ncc(C(F)(F)F)c(Cl)n1. The van der Waals surface area contributed by atoms with Gasteiger partial charge in [-0.1, -0.05) is 24.4 Å². The number of nitrogens with zero attached hydrogens (tertiary/aromatic N) is 8. The van der Waals surface area contributed by atoms with E-state index in [0.717, 1.165) is 83.6 Å². The highest BCUT2D eigenvalue weighted by Crippen LogP contribution is 2.39. The van der Waals surface area contributed by atoms with E-state index in [2.05, 4.69) is 51.0 Å². The summed E-state index contributed by atoms with van der Waals surface area (Å²) in [7, 11) is 3.42. The van der Waals surface area contributed by atoms with E-state index in [1.807, 2.05) is 14.1 Å². The van der Waals surface area contributed by atoms with E-state index in [1.54, 1.807) is 37.4 Å². The summed E-state index contributed by atoms with van der Waals surface area (Å²) in [5, 5.41) is 11.0. The molecule has 4 aliphatic rings. The van der Waals surface area contributed by atoms with Gasteiger partial charge in [0.2, 0.25) is 31.9 Å². The molecule has 6 N–H and O–H groups in total. The zero-order valence-corrected chi connectivity index (χ0v) is 50.0. The molecule has 83 heavy (non-hydrogen) atoms. The number of alkyl halides is 6. The molecule has 2 saturated carbocycles. The first-order valence-electron chi connectivity index (χ1n) is 26.9. The van der Waals surface area contributed by atoms with E-state index in [-0.39, 0.29) is 65.9 Å². The van der Waals surface area contributed by atoms with Crippen LogP contribution in [0.4, 0.5) is 49.6 Å². The van der Waals surface area contributed by atoms with E-state index in [4.69, 9.17) is 26.8 Å². The van der Waals surface area contributed by atoms with Crippen LogP contribution in [0, 0.1) is 5.92 Å². The number of anilines is 4. The van der Waals surface area contributed by atoms with Gasteiger partial charge < -0.3 is 46.3 Å². The van der Waals surface area contributed by atoms with Crippen molar-refractivity contribution in [1.29, 1.82) is 0 Å². The smallest absolute Gasteiger partial charge is 0.420 e. The summed E-state index contributed by atoms with van der Waals surface area (Å²) in [5.74, 6) is -0.362. The number of nitrogens with one attached hydrogen (secondary N) is 4. The number of carbonyl (C=O) groups is 2. The highest BCUT2D eigenvalue weighted by atomic mass is 35.5. The van der Waals surface area contributed by atoms with Crippen LogP contribution in [0.1, 0.15) is 102 Å². The number of amides is 2. The zero-order chi connectivity index (χ0) is 61.2. The Morgan fingerprint density at radius 3 is 1.49 bits per heavy atom. The standard InChI is InChI=1S/C27H37F3N6O4S.C19H21ClF3N5O2.C7H16N2O2S/c1-35-12-10-19(11-13-35)32-25(37)18-8-9-21(24(15-18)40-3)33-26-31-16-20(27(28,29)30)22(34-26)14-17-6-5-7-23(17)36(2)41(4,38)39;1-28-7-5-12(6-8-28)25-17(29)11-3-4-14(15(9-11)30-2)26-18-24-10-13(16(20)27-18)19(21,22)23;1-9(12(2,10)11)7-5-3-4-6(7)8/h8-9,15-17,19,23H,5-7,10-14H2,1-4H3,(H,32,37)(H,31,33,34);3-4,9-10,12H,5-8H2,1-2H3,(H,25,29)(H,24,26,27);6-7H,3-5,8H2,1-2H3/t17-,23+;;6-,7-/m0.1/s1. The normalized spacial score (nSPS) is 20.5. The van der Waals surface area contributed by atoms with Gasteiger partial charge in [-0.05, 0) is 140 Å². The summed E-state index contributed by atoms with van der Waals surface area (Å²) in [6.07, 6.45) is 2.50. The molecular weight excluding hydrogens is 1160 g/mol. The molecular formula is C53H74ClF6N13O8S2. The lowest BCUT2D eigenvalue weighted by atomic mass is 9.95. The predicted molar refractivity (Wildman–Crippen MR) is 303 cm³/mol. The van der Waals surface area contributed by atoms with Crippen LogP contribution in [0.15, 0.2) is 48.8 Å². The van der Waals surface area contributed by atoms with Gasteiger partial charge in [-0.15, -0.1) is 0 Å². The number of hydrogen-bond acceptors (Lipinski definition) is 17. The number of halogens is 7. The molecule has 0 bridgehead atoms. The summed E-state index contributed by atoms with van der Waals surface area (Å²) in [5.41, 5.74) is 5.04. The fourth-order valence-corrected chi connectivity index (χ4v) is 12.1. The van der Waals surface area contributed by atoms with Gasteiger partial charge in [-0.3, -0.25) is 9.59 Å². The fourth-order valence-electron chi connectivity index (χ4n) is 10.3. The summed E-state index contributed by atoms with van der Waals surface area (Å²) in [4.78, 5) is 45.2. The summed E-state index contributed by atoms with van der Waals surface area (Å²) >= 11 is 5.62. The summed E-state index contributed by atoms with van der Waals surface area (Å²) in [6.45, 7) is 3.66. The predicted octanol–water partition coefficient (Wildman–Crippen LogP) is 7.16. The van der Waals surface area contributed by atoms with Gasteiger partial charge in [0.15, 0.2) is 0 Å². The lowest BCUT2D eigenvalue weighted by Gasteiger charge is -2.29. The first-order valence-corrected chi connectivity index (χ1v) is 31.0.